The molecule has 2 aliphatic heterocycles. The van der Waals surface area contributed by atoms with E-state index in [1.165, 1.54) is 4.90 Å². The monoisotopic (exact) mass is 596 g/mol. The van der Waals surface area contributed by atoms with E-state index in [1.807, 2.05) is 39.8 Å². The second kappa shape index (κ2) is 11.8. The molecule has 1 aromatic carbocycles. The van der Waals surface area contributed by atoms with Crippen LogP contribution in [0.4, 0.5) is 4.79 Å². The summed E-state index contributed by atoms with van der Waals surface area (Å²) in [4.78, 5) is 50.8. The standard InChI is InChI=1S/C32H44N4O7/c1-7-32-16-19(32)11-9-8-10-12-22-27(34-23-15-20(41-6)13-14-21(23)33-22)42-24-17-36(25(18(24)2)29(38)39)28(37)26(31(3,4)5)35-30(40)43-32/h13-15,18-19,24-26H,7-12,16-17H2,1-6H3,(H,35,40)(H,38,39)/t18-,19?,24+,25+,26-,32?/m1/s1. The minimum absolute atomic E-state index is 0.0263. The molecular formula is C32H44N4O7. The largest absolute Gasteiger partial charge is 0.497 e. The van der Waals surface area contributed by atoms with Gasteiger partial charge in [0.25, 0.3) is 0 Å². The first-order valence-corrected chi connectivity index (χ1v) is 15.4. The number of alkyl carbamates (subject to hydrolysis) is 1. The summed E-state index contributed by atoms with van der Waals surface area (Å²) in [5.41, 5.74) is 0.801. The van der Waals surface area contributed by atoms with Gasteiger partial charge in [-0.2, -0.15) is 0 Å². The van der Waals surface area contributed by atoms with Crippen LogP contribution in [0.15, 0.2) is 18.2 Å². The SMILES string of the molecule is CCC12CC1CCCCCc1nc3ccc(OC)cc3nc1O[C@H]1CN(C(=O)[C@H](C(C)(C)C)NC(=O)O2)[C@H](C(=O)O)[C@@H]1C. The zero-order chi connectivity index (χ0) is 31.1. The number of ether oxygens (including phenoxy) is 3. The molecule has 2 fully saturated rings. The van der Waals surface area contributed by atoms with Crippen LogP contribution in [0.5, 0.6) is 11.6 Å². The molecule has 0 radical (unpaired) electrons. The molecule has 2 bridgehead atoms. The number of hydrogen-bond donors (Lipinski definition) is 2. The lowest BCUT2D eigenvalue weighted by Crippen LogP contribution is -2.57. The fourth-order valence-corrected chi connectivity index (χ4v) is 6.63. The van der Waals surface area contributed by atoms with Gasteiger partial charge >= 0.3 is 12.1 Å². The number of benzene rings is 1. The van der Waals surface area contributed by atoms with Crippen molar-refractivity contribution in [3.8, 4) is 11.6 Å². The highest BCUT2D eigenvalue weighted by molar-refractivity contribution is 5.90. The molecule has 6 atom stereocenters. The van der Waals surface area contributed by atoms with Crippen LogP contribution in [0.1, 0.15) is 78.8 Å². The van der Waals surface area contributed by atoms with Gasteiger partial charge in [0.05, 0.1) is 24.7 Å². The number of carboxylic acid groups (broad SMARTS) is 1. The van der Waals surface area contributed by atoms with Crippen molar-refractivity contribution in [2.24, 2.45) is 17.3 Å². The van der Waals surface area contributed by atoms with Gasteiger partial charge in [-0.3, -0.25) is 4.79 Å². The summed E-state index contributed by atoms with van der Waals surface area (Å²) in [6, 6.07) is 3.35. The Morgan fingerprint density at radius 2 is 1.95 bits per heavy atom. The van der Waals surface area contributed by atoms with Crippen molar-refractivity contribution in [1.29, 1.82) is 0 Å². The predicted octanol–water partition coefficient (Wildman–Crippen LogP) is 4.74. The van der Waals surface area contributed by atoms with E-state index in [2.05, 4.69) is 5.32 Å². The minimum Gasteiger partial charge on any atom is -0.497 e. The lowest BCUT2D eigenvalue weighted by Gasteiger charge is -2.35. The number of nitrogens with zero attached hydrogens (tertiary/aromatic N) is 3. The molecule has 234 valence electrons. The highest BCUT2D eigenvalue weighted by Crippen LogP contribution is 2.52. The van der Waals surface area contributed by atoms with E-state index in [0.717, 1.165) is 37.6 Å². The lowest BCUT2D eigenvalue weighted by molar-refractivity contribution is -0.151. The van der Waals surface area contributed by atoms with Gasteiger partial charge in [-0.25, -0.2) is 19.6 Å². The zero-order valence-corrected chi connectivity index (χ0v) is 26.0. The molecule has 11 nitrogen and oxygen atoms in total. The topological polar surface area (TPSA) is 140 Å². The predicted molar refractivity (Wildman–Crippen MR) is 159 cm³/mol. The van der Waals surface area contributed by atoms with Gasteiger partial charge in [0.15, 0.2) is 0 Å². The lowest BCUT2D eigenvalue weighted by atomic mass is 9.85. The molecule has 0 spiro atoms. The number of rotatable bonds is 3. The molecular weight excluding hydrogens is 552 g/mol. The van der Waals surface area contributed by atoms with Gasteiger partial charge in [-0.05, 0) is 49.7 Å². The molecule has 2 amide bonds. The Labute approximate surface area is 252 Å². The summed E-state index contributed by atoms with van der Waals surface area (Å²) in [6.45, 7) is 9.33. The molecule has 2 aromatic rings. The molecule has 1 aromatic heterocycles. The van der Waals surface area contributed by atoms with Crippen LogP contribution in [-0.4, -0.2) is 75.4 Å². The summed E-state index contributed by atoms with van der Waals surface area (Å²) >= 11 is 0. The van der Waals surface area contributed by atoms with Crippen LogP contribution < -0.4 is 14.8 Å². The highest BCUT2D eigenvalue weighted by atomic mass is 16.6. The van der Waals surface area contributed by atoms with Crippen molar-refractivity contribution in [3.63, 3.8) is 0 Å². The number of aromatic nitrogens is 2. The quantitative estimate of drug-likeness (QED) is 0.514. The maximum atomic E-state index is 14.1. The van der Waals surface area contributed by atoms with E-state index in [0.29, 0.717) is 35.7 Å². The Morgan fingerprint density at radius 3 is 2.63 bits per heavy atom. The first-order chi connectivity index (χ1) is 20.4. The van der Waals surface area contributed by atoms with Crippen LogP contribution in [0, 0.1) is 17.3 Å². The molecule has 2 unspecified atom stereocenters. The van der Waals surface area contributed by atoms with Crippen molar-refractivity contribution in [1.82, 2.24) is 20.2 Å². The highest BCUT2D eigenvalue weighted by Gasteiger charge is 2.56. The van der Waals surface area contributed by atoms with E-state index in [4.69, 9.17) is 24.2 Å². The zero-order valence-electron chi connectivity index (χ0n) is 26.0. The van der Waals surface area contributed by atoms with Gasteiger partial charge < -0.3 is 29.5 Å². The fourth-order valence-electron chi connectivity index (χ4n) is 6.63. The van der Waals surface area contributed by atoms with E-state index >= 15 is 0 Å². The van der Waals surface area contributed by atoms with E-state index in [9.17, 15) is 19.5 Å². The van der Waals surface area contributed by atoms with Gasteiger partial charge in [0, 0.05) is 17.9 Å². The van der Waals surface area contributed by atoms with Crippen molar-refractivity contribution in [2.75, 3.05) is 13.7 Å². The normalized spacial score (nSPS) is 30.2. The van der Waals surface area contributed by atoms with E-state index in [-0.39, 0.29) is 12.5 Å². The van der Waals surface area contributed by atoms with Crippen molar-refractivity contribution in [2.45, 2.75) is 103 Å². The molecule has 3 heterocycles. The number of nitrogens with one attached hydrogen (secondary N) is 1. The van der Waals surface area contributed by atoms with Gasteiger partial charge in [-0.15, -0.1) is 0 Å². The molecule has 5 rings (SSSR count). The van der Waals surface area contributed by atoms with Crippen LogP contribution >= 0.6 is 0 Å². The van der Waals surface area contributed by atoms with Gasteiger partial charge in [-0.1, -0.05) is 47.5 Å². The van der Waals surface area contributed by atoms with E-state index in [1.54, 1.807) is 20.1 Å². The number of hydrogen-bond acceptors (Lipinski definition) is 8. The Hall–Kier alpha value is -3.63. The number of fused-ring (bicyclic) bond motifs is 5. The summed E-state index contributed by atoms with van der Waals surface area (Å²) in [5, 5.41) is 13.1. The van der Waals surface area contributed by atoms with Crippen molar-refractivity contribution in [3.05, 3.63) is 23.9 Å². The third-order valence-electron chi connectivity index (χ3n) is 9.41. The van der Waals surface area contributed by atoms with Crippen molar-refractivity contribution >= 4 is 29.0 Å². The molecule has 1 aliphatic carbocycles. The number of methoxy groups -OCH3 is 1. The van der Waals surface area contributed by atoms with E-state index < -0.39 is 53.1 Å². The average Bonchev–Trinajstić information content (AvgIpc) is 3.53. The number of carboxylic acids is 1. The number of carbonyl (C=O) groups excluding carboxylic acids is 2. The number of amides is 2. The van der Waals surface area contributed by atoms with Crippen LogP contribution in [0.2, 0.25) is 0 Å². The molecule has 1 saturated carbocycles. The number of aliphatic carboxylic acids is 1. The molecule has 2 N–H and O–H groups in total. The Bertz CT molecular complexity index is 1390. The third-order valence-corrected chi connectivity index (χ3v) is 9.41. The van der Waals surface area contributed by atoms with Crippen molar-refractivity contribution < 1.29 is 33.7 Å². The summed E-state index contributed by atoms with van der Waals surface area (Å²) in [6.07, 6.45) is 4.63. The number of aryl methyl sites for hydroxylation is 1. The molecule has 11 heteroatoms. The Balaban J connectivity index is 1.53. The second-order valence-corrected chi connectivity index (χ2v) is 13.4. The van der Waals surface area contributed by atoms with Gasteiger partial charge in [0.2, 0.25) is 11.8 Å². The molecule has 1 saturated heterocycles. The van der Waals surface area contributed by atoms with Crippen LogP contribution in [0.25, 0.3) is 11.0 Å². The third kappa shape index (κ3) is 6.21. The van der Waals surface area contributed by atoms with Crippen LogP contribution in [0.3, 0.4) is 0 Å². The molecule has 3 aliphatic rings. The van der Waals surface area contributed by atoms with Crippen LogP contribution in [-0.2, 0) is 20.7 Å². The summed E-state index contributed by atoms with van der Waals surface area (Å²) in [5.74, 6) is -0.907. The second-order valence-electron chi connectivity index (χ2n) is 13.4. The first kappa shape index (κ1) is 30.8. The van der Waals surface area contributed by atoms with Gasteiger partial charge in [0.1, 0.15) is 35.2 Å². The minimum atomic E-state index is -1.14. The molecule has 43 heavy (non-hydrogen) atoms. The maximum absolute atomic E-state index is 14.1. The smallest absolute Gasteiger partial charge is 0.408 e. The fraction of sp³-hybridized carbons (Fsp3) is 0.656. The maximum Gasteiger partial charge on any atom is 0.408 e. The summed E-state index contributed by atoms with van der Waals surface area (Å²) < 4.78 is 17.8. The first-order valence-electron chi connectivity index (χ1n) is 15.4. The average molecular weight is 597 g/mol. The number of carbonyl (C=O) groups is 3. The summed E-state index contributed by atoms with van der Waals surface area (Å²) in [7, 11) is 1.59. The Kier molecular flexibility index (Phi) is 8.46. The Morgan fingerprint density at radius 1 is 1.19 bits per heavy atom.